The van der Waals surface area contributed by atoms with Crippen LogP contribution in [0.2, 0.25) is 5.02 Å². The number of imidazole rings is 1. The number of aromatic nitrogens is 2. The molecule has 3 aromatic rings. The van der Waals surface area contributed by atoms with Crippen LogP contribution in [0.5, 0.6) is 0 Å². The molecule has 0 saturated carbocycles. The van der Waals surface area contributed by atoms with E-state index in [2.05, 4.69) is 5.32 Å². The highest BCUT2D eigenvalue weighted by atomic mass is 35.5. The van der Waals surface area contributed by atoms with E-state index >= 15 is 0 Å². The maximum absolute atomic E-state index is 12.3. The summed E-state index contributed by atoms with van der Waals surface area (Å²) in [5.41, 5.74) is 3.08. The lowest BCUT2D eigenvalue weighted by atomic mass is 10.2. The fraction of sp³-hybridized carbons (Fsp3) is 0.222. The summed E-state index contributed by atoms with van der Waals surface area (Å²) >= 11 is 6.06. The fourth-order valence-electron chi connectivity index (χ4n) is 2.75. The normalized spacial score (nSPS) is 11.0. The maximum Gasteiger partial charge on any atom is 0.328 e. The summed E-state index contributed by atoms with van der Waals surface area (Å²) in [6.07, 6.45) is 0.208. The third kappa shape index (κ3) is 2.95. The molecule has 1 amide bonds. The first kappa shape index (κ1) is 16.3. The molecule has 0 spiro atoms. The molecule has 124 valence electrons. The molecule has 6 heteroatoms. The van der Waals surface area contributed by atoms with Crippen molar-refractivity contribution in [1.82, 2.24) is 9.13 Å². The molecule has 0 fully saturated rings. The van der Waals surface area contributed by atoms with E-state index in [9.17, 15) is 9.59 Å². The number of amides is 1. The maximum atomic E-state index is 12.3. The van der Waals surface area contributed by atoms with E-state index in [4.69, 9.17) is 11.6 Å². The number of hydrogen-bond donors (Lipinski definition) is 1. The van der Waals surface area contributed by atoms with Gasteiger partial charge in [0, 0.05) is 30.7 Å². The summed E-state index contributed by atoms with van der Waals surface area (Å²) in [5.74, 6) is -0.153. The van der Waals surface area contributed by atoms with Gasteiger partial charge in [0.05, 0.1) is 11.0 Å². The van der Waals surface area contributed by atoms with E-state index < -0.39 is 0 Å². The standard InChI is InChI=1S/C18H18ClN3O2/c1-12-13(19)6-5-7-14(12)20-17(23)10-11-22-16-9-4-3-8-15(16)21(2)18(22)24/h3-9H,10-11H2,1-2H3,(H,20,23). The number of carbonyl (C=O) groups excluding carboxylic acids is 1. The number of carbonyl (C=O) groups is 1. The number of nitrogens with zero attached hydrogens (tertiary/aromatic N) is 2. The van der Waals surface area contributed by atoms with E-state index in [1.807, 2.05) is 37.3 Å². The van der Waals surface area contributed by atoms with Crippen molar-refractivity contribution >= 4 is 34.2 Å². The van der Waals surface area contributed by atoms with E-state index in [-0.39, 0.29) is 18.0 Å². The minimum absolute atomic E-state index is 0.122. The van der Waals surface area contributed by atoms with Gasteiger partial charge in [0.1, 0.15) is 0 Å². The molecule has 0 unspecified atom stereocenters. The predicted octanol–water partition coefficient (Wildman–Crippen LogP) is 3.33. The van der Waals surface area contributed by atoms with Crippen molar-refractivity contribution in [1.29, 1.82) is 0 Å². The van der Waals surface area contributed by atoms with Gasteiger partial charge in [-0.2, -0.15) is 0 Å². The van der Waals surface area contributed by atoms with Crippen LogP contribution in [-0.2, 0) is 18.4 Å². The summed E-state index contributed by atoms with van der Waals surface area (Å²) in [4.78, 5) is 24.6. The molecule has 1 heterocycles. The number of para-hydroxylation sites is 2. The topological polar surface area (TPSA) is 56.0 Å². The van der Waals surface area contributed by atoms with Gasteiger partial charge in [-0.1, -0.05) is 29.8 Å². The van der Waals surface area contributed by atoms with Crippen LogP contribution in [-0.4, -0.2) is 15.0 Å². The molecule has 24 heavy (non-hydrogen) atoms. The number of aryl methyl sites for hydroxylation is 2. The Balaban J connectivity index is 1.77. The molecule has 0 atom stereocenters. The number of fused-ring (bicyclic) bond motifs is 1. The summed E-state index contributed by atoms with van der Waals surface area (Å²) in [7, 11) is 1.73. The van der Waals surface area contributed by atoms with Crippen LogP contribution < -0.4 is 11.0 Å². The first-order chi connectivity index (χ1) is 11.5. The molecule has 3 rings (SSSR count). The minimum Gasteiger partial charge on any atom is -0.326 e. The number of nitrogens with one attached hydrogen (secondary N) is 1. The zero-order valence-corrected chi connectivity index (χ0v) is 14.3. The molecule has 0 saturated heterocycles. The van der Waals surface area contributed by atoms with Crippen LogP contribution >= 0.6 is 11.6 Å². The highest BCUT2D eigenvalue weighted by molar-refractivity contribution is 6.31. The zero-order valence-electron chi connectivity index (χ0n) is 13.5. The van der Waals surface area contributed by atoms with Crippen LogP contribution in [0.4, 0.5) is 5.69 Å². The van der Waals surface area contributed by atoms with Crippen molar-refractivity contribution in [3.05, 3.63) is 63.5 Å². The third-order valence-corrected chi connectivity index (χ3v) is 4.57. The first-order valence-electron chi connectivity index (χ1n) is 7.68. The molecular formula is C18H18ClN3O2. The van der Waals surface area contributed by atoms with Crippen LogP contribution in [0.1, 0.15) is 12.0 Å². The first-order valence-corrected chi connectivity index (χ1v) is 8.06. The summed E-state index contributed by atoms with van der Waals surface area (Å²) in [5, 5.41) is 3.46. The Morgan fingerprint density at radius 1 is 1.12 bits per heavy atom. The Hall–Kier alpha value is -2.53. The smallest absolute Gasteiger partial charge is 0.326 e. The molecule has 1 N–H and O–H groups in total. The Labute approximate surface area is 144 Å². The van der Waals surface area contributed by atoms with Crippen LogP contribution in [0.3, 0.4) is 0 Å². The molecular weight excluding hydrogens is 326 g/mol. The fourth-order valence-corrected chi connectivity index (χ4v) is 2.92. The monoisotopic (exact) mass is 343 g/mol. The second kappa shape index (κ2) is 6.53. The van der Waals surface area contributed by atoms with E-state index in [1.54, 1.807) is 28.3 Å². The van der Waals surface area contributed by atoms with Crippen molar-refractivity contribution in [2.45, 2.75) is 19.9 Å². The summed E-state index contributed by atoms with van der Waals surface area (Å²) in [6, 6.07) is 12.9. The Morgan fingerprint density at radius 3 is 2.58 bits per heavy atom. The Bertz CT molecular complexity index is 972. The number of anilines is 1. The van der Waals surface area contributed by atoms with Crippen molar-refractivity contribution in [2.24, 2.45) is 7.05 Å². The van der Waals surface area contributed by atoms with Gasteiger partial charge >= 0.3 is 5.69 Å². The lowest BCUT2D eigenvalue weighted by Crippen LogP contribution is -2.24. The van der Waals surface area contributed by atoms with Crippen molar-refractivity contribution in [2.75, 3.05) is 5.32 Å². The van der Waals surface area contributed by atoms with E-state index in [0.717, 1.165) is 16.6 Å². The number of hydrogen-bond acceptors (Lipinski definition) is 2. The average molecular weight is 344 g/mol. The highest BCUT2D eigenvalue weighted by Gasteiger charge is 2.12. The zero-order chi connectivity index (χ0) is 17.3. The quantitative estimate of drug-likeness (QED) is 0.790. The SMILES string of the molecule is Cc1c(Cl)cccc1NC(=O)CCn1c(=O)n(C)c2ccccc21. The van der Waals surface area contributed by atoms with Gasteiger partial charge in [-0.15, -0.1) is 0 Å². The molecule has 2 aromatic carbocycles. The van der Waals surface area contributed by atoms with Crippen molar-refractivity contribution < 1.29 is 4.79 Å². The van der Waals surface area contributed by atoms with Crippen molar-refractivity contribution in [3.8, 4) is 0 Å². The van der Waals surface area contributed by atoms with Crippen LogP contribution in [0.25, 0.3) is 11.0 Å². The second-order valence-corrected chi connectivity index (χ2v) is 6.10. The van der Waals surface area contributed by atoms with Gasteiger partial charge in [-0.25, -0.2) is 4.79 Å². The molecule has 0 aliphatic heterocycles. The number of benzene rings is 2. The summed E-state index contributed by atoms with van der Waals surface area (Å²) in [6.45, 7) is 2.18. The molecule has 5 nitrogen and oxygen atoms in total. The average Bonchev–Trinajstić information content (AvgIpc) is 2.82. The van der Waals surface area contributed by atoms with Gasteiger partial charge < -0.3 is 5.32 Å². The van der Waals surface area contributed by atoms with Crippen molar-refractivity contribution in [3.63, 3.8) is 0 Å². The van der Waals surface area contributed by atoms with Gasteiger partial charge in [0.25, 0.3) is 0 Å². The lowest BCUT2D eigenvalue weighted by molar-refractivity contribution is -0.116. The lowest BCUT2D eigenvalue weighted by Gasteiger charge is -2.09. The summed E-state index contributed by atoms with van der Waals surface area (Å²) < 4.78 is 3.22. The Kier molecular flexibility index (Phi) is 4.44. The molecule has 0 aliphatic rings. The molecule has 0 aliphatic carbocycles. The van der Waals surface area contributed by atoms with E-state index in [1.165, 1.54) is 0 Å². The molecule has 0 bridgehead atoms. The predicted molar refractivity (Wildman–Crippen MR) is 96.6 cm³/mol. The number of halogens is 1. The van der Waals surface area contributed by atoms with Crippen LogP contribution in [0, 0.1) is 6.92 Å². The van der Waals surface area contributed by atoms with E-state index in [0.29, 0.717) is 17.3 Å². The van der Waals surface area contributed by atoms with Gasteiger partial charge in [-0.3, -0.25) is 13.9 Å². The number of rotatable bonds is 4. The van der Waals surface area contributed by atoms with Gasteiger partial charge in [-0.05, 0) is 36.8 Å². The van der Waals surface area contributed by atoms with Crippen LogP contribution in [0.15, 0.2) is 47.3 Å². The largest absolute Gasteiger partial charge is 0.328 e. The van der Waals surface area contributed by atoms with Gasteiger partial charge in [0.2, 0.25) is 5.91 Å². The van der Waals surface area contributed by atoms with Gasteiger partial charge in [0.15, 0.2) is 0 Å². The molecule has 0 radical (unpaired) electrons. The molecule has 1 aromatic heterocycles. The second-order valence-electron chi connectivity index (χ2n) is 5.69. The Morgan fingerprint density at radius 2 is 1.83 bits per heavy atom. The third-order valence-electron chi connectivity index (χ3n) is 4.16. The highest BCUT2D eigenvalue weighted by Crippen LogP contribution is 2.23. The minimum atomic E-state index is -0.153.